The van der Waals surface area contributed by atoms with Gasteiger partial charge in [-0.3, -0.25) is 0 Å². The molecule has 0 spiro atoms. The van der Waals surface area contributed by atoms with Crippen LogP contribution in [0.3, 0.4) is 0 Å². The second kappa shape index (κ2) is 5.16. The number of carbonyl (C=O) groups is 1. The Kier molecular flexibility index (Phi) is 3.43. The molecule has 0 heterocycles. The Bertz CT molecular complexity index is 697. The maximum Gasteiger partial charge on any atom is 0.335 e. The molecule has 4 nitrogen and oxygen atoms in total. The number of carboxylic acids is 1. The van der Waals surface area contributed by atoms with Gasteiger partial charge in [0.2, 0.25) is 0 Å². The molecule has 0 aliphatic heterocycles. The maximum absolute atomic E-state index is 11.0. The summed E-state index contributed by atoms with van der Waals surface area (Å²) in [6.07, 6.45) is 4.29. The summed E-state index contributed by atoms with van der Waals surface area (Å²) in [4.78, 5) is 10.8. The third kappa shape index (κ3) is 2.26. The highest BCUT2D eigenvalue weighted by Crippen LogP contribution is 2.59. The Labute approximate surface area is 129 Å². The number of aromatic carboxylic acids is 1. The van der Waals surface area contributed by atoms with Crippen LogP contribution in [0.5, 0.6) is 0 Å². The van der Waals surface area contributed by atoms with Gasteiger partial charge in [-0.25, -0.2) is 4.79 Å². The van der Waals surface area contributed by atoms with Crippen LogP contribution in [0.25, 0.3) is 0 Å². The van der Waals surface area contributed by atoms with Gasteiger partial charge in [-0.1, -0.05) is 18.3 Å². The van der Waals surface area contributed by atoms with Crippen molar-refractivity contribution in [2.24, 2.45) is 11.3 Å². The molecule has 1 aromatic rings. The van der Waals surface area contributed by atoms with Gasteiger partial charge < -0.3 is 10.2 Å². The number of benzene rings is 1. The van der Waals surface area contributed by atoms with Gasteiger partial charge in [0.05, 0.1) is 17.0 Å². The Morgan fingerprint density at radius 1 is 1.27 bits per heavy atom. The third-order valence-corrected chi connectivity index (χ3v) is 4.92. The summed E-state index contributed by atoms with van der Waals surface area (Å²) in [5, 5.41) is 29.3. The standard InChI is InChI=1S/C18H17NO3/c19-12-17(10-11-17)18(22,15-2-1-3-15)9-8-13-4-6-14(7-5-13)16(20)21/h4-7,15,22H,1-3,10-11H2,(H,20,21)/t18-/m0/s1. The predicted octanol–water partition coefficient (Wildman–Crippen LogP) is 2.57. The smallest absolute Gasteiger partial charge is 0.335 e. The van der Waals surface area contributed by atoms with Crippen LogP contribution < -0.4 is 0 Å². The van der Waals surface area contributed by atoms with Crippen molar-refractivity contribution in [2.45, 2.75) is 37.7 Å². The lowest BCUT2D eigenvalue weighted by atomic mass is 9.66. The van der Waals surface area contributed by atoms with E-state index in [9.17, 15) is 15.2 Å². The Morgan fingerprint density at radius 3 is 2.32 bits per heavy atom. The molecule has 1 aromatic carbocycles. The van der Waals surface area contributed by atoms with Crippen molar-refractivity contribution in [2.75, 3.05) is 0 Å². The largest absolute Gasteiger partial charge is 0.478 e. The van der Waals surface area contributed by atoms with Crippen molar-refractivity contribution in [3.63, 3.8) is 0 Å². The summed E-state index contributed by atoms with van der Waals surface area (Å²) in [6, 6.07) is 8.51. The number of aliphatic hydroxyl groups is 1. The zero-order chi connectivity index (χ0) is 15.8. The van der Waals surface area contributed by atoms with E-state index in [2.05, 4.69) is 17.9 Å². The average molecular weight is 295 g/mol. The first-order valence-corrected chi connectivity index (χ1v) is 7.51. The lowest BCUT2D eigenvalue weighted by Gasteiger charge is -2.41. The van der Waals surface area contributed by atoms with E-state index in [1.54, 1.807) is 12.1 Å². The molecule has 3 rings (SSSR count). The fourth-order valence-corrected chi connectivity index (χ4v) is 3.01. The minimum atomic E-state index is -1.24. The Balaban J connectivity index is 1.89. The fourth-order valence-electron chi connectivity index (χ4n) is 3.01. The summed E-state index contributed by atoms with van der Waals surface area (Å²) >= 11 is 0. The van der Waals surface area contributed by atoms with Crippen molar-refractivity contribution in [3.8, 4) is 17.9 Å². The fraction of sp³-hybridized carbons (Fsp3) is 0.444. The van der Waals surface area contributed by atoms with Crippen LogP contribution in [0.4, 0.5) is 0 Å². The normalized spacial score (nSPS) is 21.5. The van der Waals surface area contributed by atoms with Crippen LogP contribution in [0.1, 0.15) is 48.0 Å². The summed E-state index contributed by atoms with van der Waals surface area (Å²) in [6.45, 7) is 0. The molecule has 1 atom stereocenters. The molecule has 0 aromatic heterocycles. The van der Waals surface area contributed by atoms with E-state index in [-0.39, 0.29) is 11.5 Å². The average Bonchev–Trinajstić information content (AvgIpc) is 3.25. The highest BCUT2D eigenvalue weighted by Gasteiger charge is 2.63. The minimum absolute atomic E-state index is 0.0699. The highest BCUT2D eigenvalue weighted by atomic mass is 16.4. The van der Waals surface area contributed by atoms with Gasteiger partial charge in [0, 0.05) is 11.5 Å². The summed E-state index contributed by atoms with van der Waals surface area (Å²) < 4.78 is 0. The zero-order valence-corrected chi connectivity index (χ0v) is 12.2. The molecule has 2 aliphatic rings. The maximum atomic E-state index is 11.0. The molecule has 2 N–H and O–H groups in total. The summed E-state index contributed by atoms with van der Waals surface area (Å²) in [7, 11) is 0. The molecule has 0 saturated heterocycles. The van der Waals surface area contributed by atoms with Gasteiger partial charge in [-0.05, 0) is 49.9 Å². The first-order valence-electron chi connectivity index (χ1n) is 7.51. The van der Waals surface area contributed by atoms with Crippen molar-refractivity contribution >= 4 is 5.97 Å². The molecule has 0 unspecified atom stereocenters. The molecule has 2 fully saturated rings. The zero-order valence-electron chi connectivity index (χ0n) is 12.2. The van der Waals surface area contributed by atoms with E-state index in [0.29, 0.717) is 18.4 Å². The number of nitrogens with zero attached hydrogens (tertiary/aromatic N) is 1. The molecule has 0 bridgehead atoms. The lowest BCUT2D eigenvalue weighted by Crippen LogP contribution is -2.48. The Morgan fingerprint density at radius 2 is 1.91 bits per heavy atom. The van der Waals surface area contributed by atoms with E-state index in [0.717, 1.165) is 19.3 Å². The molecule has 2 aliphatic carbocycles. The summed E-state index contributed by atoms with van der Waals surface area (Å²) in [5.41, 5.74) is -1.11. The van der Waals surface area contributed by atoms with Gasteiger partial charge in [-0.2, -0.15) is 5.26 Å². The molecule has 0 radical (unpaired) electrons. The molecule has 4 heteroatoms. The number of carboxylic acid groups (broad SMARTS) is 1. The Hall–Kier alpha value is -2.30. The van der Waals surface area contributed by atoms with Crippen LogP contribution in [0.15, 0.2) is 24.3 Å². The van der Waals surface area contributed by atoms with Gasteiger partial charge in [-0.15, -0.1) is 0 Å². The minimum Gasteiger partial charge on any atom is -0.478 e. The number of nitriles is 1. The van der Waals surface area contributed by atoms with Crippen LogP contribution in [-0.4, -0.2) is 21.8 Å². The first-order chi connectivity index (χ1) is 10.5. The van der Waals surface area contributed by atoms with E-state index >= 15 is 0 Å². The number of rotatable bonds is 3. The monoisotopic (exact) mass is 295 g/mol. The third-order valence-electron chi connectivity index (χ3n) is 4.92. The van der Waals surface area contributed by atoms with Crippen LogP contribution in [0.2, 0.25) is 0 Å². The second-order valence-electron chi connectivity index (χ2n) is 6.22. The molecular formula is C18H17NO3. The van der Waals surface area contributed by atoms with Gasteiger partial charge in [0.1, 0.15) is 5.60 Å². The molecule has 112 valence electrons. The predicted molar refractivity (Wildman–Crippen MR) is 79.9 cm³/mol. The van der Waals surface area contributed by atoms with Crippen molar-refractivity contribution in [1.82, 2.24) is 0 Å². The SMILES string of the molecule is N#CC1([C@](O)(C#Cc2ccc(C(=O)O)cc2)C2CCC2)CC1. The van der Waals surface area contributed by atoms with Crippen LogP contribution in [-0.2, 0) is 0 Å². The van der Waals surface area contributed by atoms with Crippen LogP contribution >= 0.6 is 0 Å². The van der Waals surface area contributed by atoms with Crippen molar-refractivity contribution in [3.05, 3.63) is 35.4 Å². The van der Waals surface area contributed by atoms with E-state index in [4.69, 9.17) is 5.11 Å². The highest BCUT2D eigenvalue weighted by molar-refractivity contribution is 5.87. The molecule has 22 heavy (non-hydrogen) atoms. The van der Waals surface area contributed by atoms with E-state index in [1.165, 1.54) is 12.1 Å². The second-order valence-corrected chi connectivity index (χ2v) is 6.22. The van der Waals surface area contributed by atoms with E-state index < -0.39 is 17.0 Å². The summed E-state index contributed by atoms with van der Waals surface area (Å²) in [5.74, 6) is 4.98. The van der Waals surface area contributed by atoms with Crippen LogP contribution in [0, 0.1) is 34.5 Å². The van der Waals surface area contributed by atoms with E-state index in [1.807, 2.05) is 0 Å². The topological polar surface area (TPSA) is 81.3 Å². The number of hydrogen-bond donors (Lipinski definition) is 2. The number of hydrogen-bond acceptors (Lipinski definition) is 3. The van der Waals surface area contributed by atoms with Crippen molar-refractivity contribution < 1.29 is 15.0 Å². The van der Waals surface area contributed by atoms with Crippen molar-refractivity contribution in [1.29, 1.82) is 5.26 Å². The molecule has 0 amide bonds. The first kappa shape index (κ1) is 14.6. The quantitative estimate of drug-likeness (QED) is 0.840. The van der Waals surface area contributed by atoms with Gasteiger partial charge >= 0.3 is 5.97 Å². The molecule has 2 saturated carbocycles. The van der Waals surface area contributed by atoms with Gasteiger partial charge in [0.15, 0.2) is 0 Å². The lowest BCUT2D eigenvalue weighted by molar-refractivity contribution is -0.0404. The molecular weight excluding hydrogens is 278 g/mol. The van der Waals surface area contributed by atoms with Gasteiger partial charge in [0.25, 0.3) is 0 Å².